The van der Waals surface area contributed by atoms with Gasteiger partial charge < -0.3 is 0 Å². The van der Waals surface area contributed by atoms with Crippen molar-refractivity contribution in [3.05, 3.63) is 248 Å². The topological polar surface area (TPSA) is 0 Å². The smallest absolute Gasteiger partial charge is 0.0449 e. The minimum absolute atomic E-state index is 1.12. The summed E-state index contributed by atoms with van der Waals surface area (Å²) < 4.78 is 0. The Kier molecular flexibility index (Phi) is 9.83. The van der Waals surface area contributed by atoms with E-state index >= 15 is 0 Å². The predicted molar refractivity (Wildman–Crippen MR) is 306 cm³/mol. The van der Waals surface area contributed by atoms with Crippen molar-refractivity contribution in [1.82, 2.24) is 0 Å². The standard InChI is InChI=1S/C68H44S2/c1-2-16-45(17-3-1)61-36-38-63(69-61)64-39-37-62(70-64)46-28-30-47(31-29-46)65-53-20-8-10-22-55(53)67(56-23-11-9-21-54(56)65)52-34-35-59-60(42-52)68(51-33-27-44-15-5-7-19-49(44)41-51)58-25-13-12-24-57(58)66(59)50-32-26-43-14-4-6-18-48(43)40-50/h2,4-42H,1,3H2. The zero-order valence-corrected chi connectivity index (χ0v) is 40.0. The molecule has 328 valence electrons. The van der Waals surface area contributed by atoms with Gasteiger partial charge in [-0.3, -0.25) is 0 Å². The highest BCUT2D eigenvalue weighted by Gasteiger charge is 2.22. The van der Waals surface area contributed by atoms with Gasteiger partial charge in [-0.05, 0) is 176 Å². The maximum absolute atomic E-state index is 2.50. The first-order valence-corrected chi connectivity index (χ1v) is 25.9. The molecular formula is C68H44S2. The average Bonchev–Trinajstić information content (AvgIpc) is 4.13. The molecule has 2 heteroatoms. The predicted octanol–water partition coefficient (Wildman–Crippen LogP) is 20.5. The third-order valence-corrected chi connectivity index (χ3v) is 17.0. The molecule has 1 aliphatic carbocycles. The molecule has 0 saturated heterocycles. The molecule has 0 amide bonds. The third-order valence-electron chi connectivity index (χ3n) is 14.5. The molecule has 0 fully saturated rings. The van der Waals surface area contributed by atoms with Crippen molar-refractivity contribution in [2.45, 2.75) is 12.8 Å². The molecule has 11 aromatic carbocycles. The van der Waals surface area contributed by atoms with Crippen LogP contribution in [0.25, 0.3) is 135 Å². The Bertz CT molecular complexity index is 4230. The summed E-state index contributed by atoms with van der Waals surface area (Å²) >= 11 is 3.77. The van der Waals surface area contributed by atoms with Crippen molar-refractivity contribution in [3.8, 4) is 64.7 Å². The van der Waals surface area contributed by atoms with Crippen molar-refractivity contribution in [1.29, 1.82) is 0 Å². The largest absolute Gasteiger partial charge is 0.134 e. The lowest BCUT2D eigenvalue weighted by molar-refractivity contribution is 1.04. The number of hydrogen-bond acceptors (Lipinski definition) is 2. The van der Waals surface area contributed by atoms with Gasteiger partial charge in [-0.25, -0.2) is 0 Å². The van der Waals surface area contributed by atoms with Crippen molar-refractivity contribution in [2.24, 2.45) is 0 Å². The van der Waals surface area contributed by atoms with Gasteiger partial charge in [0, 0.05) is 19.5 Å². The zero-order valence-electron chi connectivity index (χ0n) is 38.3. The number of allylic oxidation sites excluding steroid dienone is 4. The van der Waals surface area contributed by atoms with Crippen molar-refractivity contribution in [2.75, 3.05) is 0 Å². The summed E-state index contributed by atoms with van der Waals surface area (Å²) in [6.07, 6.45) is 9.20. The van der Waals surface area contributed by atoms with E-state index in [1.165, 1.54) is 140 Å². The van der Waals surface area contributed by atoms with Crippen LogP contribution in [-0.4, -0.2) is 0 Å². The maximum Gasteiger partial charge on any atom is 0.0449 e. The van der Waals surface area contributed by atoms with Crippen LogP contribution in [0.3, 0.4) is 0 Å². The summed E-state index contributed by atoms with van der Waals surface area (Å²) in [6, 6.07) is 84.2. The number of thiophene rings is 2. The van der Waals surface area contributed by atoms with Crippen LogP contribution < -0.4 is 0 Å². The van der Waals surface area contributed by atoms with E-state index in [9.17, 15) is 0 Å². The van der Waals surface area contributed by atoms with Crippen LogP contribution >= 0.6 is 22.7 Å². The van der Waals surface area contributed by atoms with Crippen LogP contribution in [0.4, 0.5) is 0 Å². The van der Waals surface area contributed by atoms with Crippen LogP contribution in [0.2, 0.25) is 0 Å². The summed E-state index contributed by atoms with van der Waals surface area (Å²) in [5.41, 5.74) is 12.5. The second-order valence-corrected chi connectivity index (χ2v) is 20.7. The number of rotatable bonds is 7. The molecule has 2 aromatic heterocycles. The normalized spacial score (nSPS) is 12.8. The average molecular weight is 925 g/mol. The van der Waals surface area contributed by atoms with Crippen molar-refractivity contribution in [3.63, 3.8) is 0 Å². The van der Waals surface area contributed by atoms with Gasteiger partial charge in [-0.2, -0.15) is 0 Å². The highest BCUT2D eigenvalue weighted by molar-refractivity contribution is 7.24. The van der Waals surface area contributed by atoms with Gasteiger partial charge in [0.05, 0.1) is 0 Å². The highest BCUT2D eigenvalue weighted by Crippen LogP contribution is 2.49. The Labute approximate surface area is 415 Å². The van der Waals surface area contributed by atoms with Gasteiger partial charge >= 0.3 is 0 Å². The number of hydrogen-bond donors (Lipinski definition) is 0. The summed E-state index contributed by atoms with van der Waals surface area (Å²) in [6.45, 7) is 0. The Morgan fingerprint density at radius 1 is 0.257 bits per heavy atom. The fourth-order valence-corrected chi connectivity index (χ4v) is 13.4. The first-order valence-electron chi connectivity index (χ1n) is 24.3. The zero-order chi connectivity index (χ0) is 46.1. The molecule has 1 aliphatic rings. The summed E-state index contributed by atoms with van der Waals surface area (Å²) in [5.74, 6) is 0. The van der Waals surface area contributed by atoms with Gasteiger partial charge in [0.2, 0.25) is 0 Å². The van der Waals surface area contributed by atoms with Crippen LogP contribution in [0.1, 0.15) is 17.7 Å². The van der Waals surface area contributed by atoms with Gasteiger partial charge in [0.15, 0.2) is 0 Å². The molecule has 0 nitrogen and oxygen atoms in total. The van der Waals surface area contributed by atoms with Crippen molar-refractivity contribution < 1.29 is 0 Å². The van der Waals surface area contributed by atoms with E-state index in [0.29, 0.717) is 0 Å². The molecule has 0 aliphatic heterocycles. The fourth-order valence-electron chi connectivity index (χ4n) is 11.2. The van der Waals surface area contributed by atoms with E-state index in [1.807, 2.05) is 22.7 Å². The molecule has 0 unspecified atom stereocenters. The summed E-state index contributed by atoms with van der Waals surface area (Å²) in [4.78, 5) is 5.28. The monoisotopic (exact) mass is 924 g/mol. The van der Waals surface area contributed by atoms with Crippen molar-refractivity contribution >= 4 is 92.9 Å². The van der Waals surface area contributed by atoms with E-state index in [4.69, 9.17) is 0 Å². The van der Waals surface area contributed by atoms with E-state index in [2.05, 4.69) is 243 Å². The van der Waals surface area contributed by atoms with Crippen LogP contribution in [0, 0.1) is 0 Å². The van der Waals surface area contributed by atoms with Gasteiger partial charge in [0.25, 0.3) is 0 Å². The van der Waals surface area contributed by atoms with Gasteiger partial charge in [-0.1, -0.05) is 200 Å². The van der Waals surface area contributed by atoms with Gasteiger partial charge in [-0.15, -0.1) is 22.7 Å². The summed E-state index contributed by atoms with van der Waals surface area (Å²) in [7, 11) is 0. The molecular weight excluding hydrogens is 881 g/mol. The molecule has 0 radical (unpaired) electrons. The third kappa shape index (κ3) is 6.86. The van der Waals surface area contributed by atoms with E-state index < -0.39 is 0 Å². The lowest BCUT2D eigenvalue weighted by Gasteiger charge is -2.21. The lowest BCUT2D eigenvalue weighted by Crippen LogP contribution is -1.94. The van der Waals surface area contributed by atoms with E-state index in [-0.39, 0.29) is 0 Å². The molecule has 0 atom stereocenters. The Balaban J connectivity index is 0.939. The lowest BCUT2D eigenvalue weighted by atomic mass is 9.82. The first-order chi connectivity index (χ1) is 34.7. The Morgan fingerprint density at radius 3 is 1.17 bits per heavy atom. The molecule has 0 N–H and O–H groups in total. The van der Waals surface area contributed by atoms with E-state index in [0.717, 1.165) is 12.8 Å². The minimum atomic E-state index is 1.12. The first kappa shape index (κ1) is 40.9. The number of fused-ring (bicyclic) bond motifs is 6. The van der Waals surface area contributed by atoms with Crippen LogP contribution in [-0.2, 0) is 0 Å². The quantitative estimate of drug-likeness (QED) is 0.140. The fraction of sp³-hybridized carbons (Fsp3) is 0.0294. The molecule has 13 aromatic rings. The molecule has 2 heterocycles. The second-order valence-electron chi connectivity index (χ2n) is 18.6. The Hall–Kier alpha value is -8.14. The minimum Gasteiger partial charge on any atom is -0.134 e. The summed E-state index contributed by atoms with van der Waals surface area (Å²) in [5, 5.41) is 15.0. The SMILES string of the molecule is C1=CC(c2ccc(-c3ccc(-c4ccc(-c5c6ccccc6c(-c6ccc7c(-c8ccc9ccccc9c8)c8ccccc8c(-c8ccc9ccccc9c8)c7c6)c6ccccc56)cc4)s3)s2)=CCC1. The second kappa shape index (κ2) is 16.8. The molecule has 0 spiro atoms. The molecule has 70 heavy (non-hydrogen) atoms. The maximum atomic E-state index is 2.50. The van der Waals surface area contributed by atoms with E-state index in [1.54, 1.807) is 0 Å². The molecule has 0 saturated carbocycles. The highest BCUT2D eigenvalue weighted by atomic mass is 32.1. The van der Waals surface area contributed by atoms with Crippen LogP contribution in [0.15, 0.2) is 243 Å². The molecule has 14 rings (SSSR count). The van der Waals surface area contributed by atoms with Gasteiger partial charge in [0.1, 0.15) is 0 Å². The van der Waals surface area contributed by atoms with Crippen LogP contribution in [0.5, 0.6) is 0 Å². The molecule has 0 bridgehead atoms. The number of benzene rings is 11. The Morgan fingerprint density at radius 2 is 0.643 bits per heavy atom.